The predicted molar refractivity (Wildman–Crippen MR) is 108 cm³/mol. The van der Waals surface area contributed by atoms with Gasteiger partial charge in [-0.05, 0) is 60.5 Å². The van der Waals surface area contributed by atoms with E-state index in [1.165, 1.54) is 0 Å². The highest BCUT2D eigenvalue weighted by molar-refractivity contribution is 7.08. The molecule has 0 aliphatic carbocycles. The molecule has 0 spiro atoms. The van der Waals surface area contributed by atoms with Crippen molar-refractivity contribution < 1.29 is 9.59 Å². The van der Waals surface area contributed by atoms with Gasteiger partial charge in [-0.15, -0.1) is 5.10 Å². The fourth-order valence-electron chi connectivity index (χ4n) is 3.24. The molecule has 0 saturated heterocycles. The highest BCUT2D eigenvalue weighted by Crippen LogP contribution is 2.31. The molecule has 0 saturated carbocycles. The van der Waals surface area contributed by atoms with Gasteiger partial charge in [0.1, 0.15) is 4.88 Å². The zero-order valence-corrected chi connectivity index (χ0v) is 16.9. The van der Waals surface area contributed by atoms with Crippen molar-refractivity contribution in [1.82, 2.24) is 9.59 Å². The molecule has 0 fully saturated rings. The minimum Gasteiger partial charge on any atom is -0.321 e. The zero-order valence-electron chi connectivity index (χ0n) is 16.1. The molecule has 1 aromatic heterocycles. The Morgan fingerprint density at radius 2 is 2.15 bits per heavy atom. The van der Waals surface area contributed by atoms with E-state index in [1.807, 2.05) is 23.1 Å². The SMILES string of the molecule is CCCc1nnsc1C(=O)Nc1ccc2c(c1)CCC(=O)N2CCC(C)C. The number of fused-ring (bicyclic) bond motifs is 1. The van der Waals surface area contributed by atoms with Crippen LogP contribution in [0, 0.1) is 5.92 Å². The number of nitrogens with one attached hydrogen (secondary N) is 1. The van der Waals surface area contributed by atoms with Crippen LogP contribution in [0.1, 0.15) is 61.0 Å². The Bertz CT molecular complexity index is 831. The number of hydrogen-bond donors (Lipinski definition) is 1. The fraction of sp³-hybridized carbons (Fsp3) is 0.500. The van der Waals surface area contributed by atoms with Crippen LogP contribution in [0.3, 0.4) is 0 Å². The predicted octanol–water partition coefficient (Wildman–Crippen LogP) is 4.07. The number of carbonyl (C=O) groups is 2. The molecule has 2 amide bonds. The molecule has 0 radical (unpaired) electrons. The molecular weight excluding hydrogens is 360 g/mol. The molecule has 1 N–H and O–H groups in total. The van der Waals surface area contributed by atoms with Crippen LogP contribution in [0.2, 0.25) is 0 Å². The van der Waals surface area contributed by atoms with Crippen LogP contribution in [-0.4, -0.2) is 27.9 Å². The lowest BCUT2D eigenvalue weighted by molar-refractivity contribution is -0.118. The number of anilines is 2. The largest absolute Gasteiger partial charge is 0.321 e. The van der Waals surface area contributed by atoms with E-state index in [2.05, 4.69) is 35.7 Å². The Kier molecular flexibility index (Phi) is 6.21. The summed E-state index contributed by atoms with van der Waals surface area (Å²) in [4.78, 5) is 27.4. The number of hydrogen-bond acceptors (Lipinski definition) is 5. The number of aryl methyl sites for hydroxylation is 2. The quantitative estimate of drug-likeness (QED) is 0.778. The number of carbonyl (C=O) groups excluding carboxylic acids is 2. The van der Waals surface area contributed by atoms with Crippen LogP contribution < -0.4 is 10.2 Å². The Balaban J connectivity index is 1.76. The molecule has 1 aromatic carbocycles. The van der Waals surface area contributed by atoms with Crippen molar-refractivity contribution in [3.63, 3.8) is 0 Å². The van der Waals surface area contributed by atoms with Gasteiger partial charge in [-0.3, -0.25) is 9.59 Å². The molecule has 3 rings (SSSR count). The van der Waals surface area contributed by atoms with Gasteiger partial charge in [0, 0.05) is 24.3 Å². The van der Waals surface area contributed by atoms with Crippen LogP contribution in [0.4, 0.5) is 11.4 Å². The van der Waals surface area contributed by atoms with Gasteiger partial charge in [0.05, 0.1) is 5.69 Å². The standard InChI is InChI=1S/C20H26N4O2S/c1-4-5-16-19(27-23-22-16)20(26)21-15-7-8-17-14(12-15)6-9-18(25)24(17)11-10-13(2)3/h7-8,12-13H,4-6,9-11H2,1-3H3,(H,21,26). The second kappa shape index (κ2) is 8.61. The highest BCUT2D eigenvalue weighted by atomic mass is 32.1. The Labute approximate surface area is 164 Å². The first-order valence-corrected chi connectivity index (χ1v) is 10.3. The number of aromatic nitrogens is 2. The van der Waals surface area contributed by atoms with Crippen molar-refractivity contribution in [1.29, 1.82) is 0 Å². The van der Waals surface area contributed by atoms with Crippen LogP contribution >= 0.6 is 11.5 Å². The molecule has 1 aliphatic heterocycles. The van der Waals surface area contributed by atoms with Gasteiger partial charge in [0.25, 0.3) is 5.91 Å². The number of benzene rings is 1. The molecule has 0 atom stereocenters. The summed E-state index contributed by atoms with van der Waals surface area (Å²) in [5.41, 5.74) is 3.57. The van der Waals surface area contributed by atoms with E-state index in [4.69, 9.17) is 0 Å². The zero-order chi connectivity index (χ0) is 19.4. The summed E-state index contributed by atoms with van der Waals surface area (Å²) in [7, 11) is 0. The monoisotopic (exact) mass is 386 g/mol. The molecule has 1 aliphatic rings. The summed E-state index contributed by atoms with van der Waals surface area (Å²) in [6.45, 7) is 7.11. The van der Waals surface area contributed by atoms with Crippen LogP contribution in [0.25, 0.3) is 0 Å². The Morgan fingerprint density at radius 3 is 2.89 bits per heavy atom. The van der Waals surface area contributed by atoms with Gasteiger partial charge in [-0.2, -0.15) is 0 Å². The van der Waals surface area contributed by atoms with Gasteiger partial charge in [-0.25, -0.2) is 0 Å². The topological polar surface area (TPSA) is 75.2 Å². The Morgan fingerprint density at radius 1 is 1.33 bits per heavy atom. The fourth-order valence-corrected chi connectivity index (χ4v) is 3.84. The number of rotatable bonds is 7. The summed E-state index contributed by atoms with van der Waals surface area (Å²) in [5, 5.41) is 7.01. The molecule has 144 valence electrons. The van der Waals surface area contributed by atoms with E-state index < -0.39 is 0 Å². The molecule has 6 nitrogen and oxygen atoms in total. The number of nitrogens with zero attached hydrogens (tertiary/aromatic N) is 3. The lowest BCUT2D eigenvalue weighted by atomic mass is 9.99. The van der Waals surface area contributed by atoms with E-state index in [0.29, 0.717) is 23.6 Å². The second-order valence-electron chi connectivity index (χ2n) is 7.32. The highest BCUT2D eigenvalue weighted by Gasteiger charge is 2.24. The van der Waals surface area contributed by atoms with Crippen LogP contribution in [0.5, 0.6) is 0 Å². The van der Waals surface area contributed by atoms with Gasteiger partial charge >= 0.3 is 0 Å². The summed E-state index contributed by atoms with van der Waals surface area (Å²) in [5.74, 6) is 0.559. The maximum absolute atomic E-state index is 12.6. The van der Waals surface area contributed by atoms with Crippen molar-refractivity contribution in [2.75, 3.05) is 16.8 Å². The normalized spacial score (nSPS) is 13.8. The van der Waals surface area contributed by atoms with E-state index in [0.717, 1.165) is 60.0 Å². The average molecular weight is 387 g/mol. The average Bonchev–Trinajstić information content (AvgIpc) is 3.09. The summed E-state index contributed by atoms with van der Waals surface area (Å²) in [6, 6.07) is 5.79. The first kappa shape index (κ1) is 19.5. The molecule has 2 heterocycles. The minimum atomic E-state index is -0.169. The molecule has 7 heteroatoms. The molecule has 27 heavy (non-hydrogen) atoms. The van der Waals surface area contributed by atoms with E-state index in [9.17, 15) is 9.59 Å². The van der Waals surface area contributed by atoms with Crippen LogP contribution in [-0.2, 0) is 17.6 Å². The van der Waals surface area contributed by atoms with E-state index in [-0.39, 0.29) is 11.8 Å². The molecule has 0 bridgehead atoms. The van der Waals surface area contributed by atoms with Crippen molar-refractivity contribution in [3.05, 3.63) is 34.3 Å². The van der Waals surface area contributed by atoms with Gasteiger partial charge in [0.15, 0.2) is 0 Å². The maximum atomic E-state index is 12.6. The number of amides is 2. The first-order valence-electron chi connectivity index (χ1n) is 9.55. The second-order valence-corrected chi connectivity index (χ2v) is 8.08. The minimum absolute atomic E-state index is 0.169. The molecule has 0 unspecified atom stereocenters. The van der Waals surface area contributed by atoms with Crippen LogP contribution in [0.15, 0.2) is 18.2 Å². The van der Waals surface area contributed by atoms with E-state index >= 15 is 0 Å². The molecule has 2 aromatic rings. The van der Waals surface area contributed by atoms with Gasteiger partial charge in [0.2, 0.25) is 5.91 Å². The first-order chi connectivity index (χ1) is 13.0. The smallest absolute Gasteiger partial charge is 0.269 e. The van der Waals surface area contributed by atoms with Gasteiger partial charge in [-0.1, -0.05) is 31.7 Å². The summed E-state index contributed by atoms with van der Waals surface area (Å²) in [6.07, 6.45) is 3.87. The third kappa shape index (κ3) is 4.53. The summed E-state index contributed by atoms with van der Waals surface area (Å²) >= 11 is 1.13. The third-order valence-corrected chi connectivity index (χ3v) is 5.48. The maximum Gasteiger partial charge on any atom is 0.269 e. The Hall–Kier alpha value is -2.28. The third-order valence-electron chi connectivity index (χ3n) is 4.72. The molecular formula is C20H26N4O2S. The van der Waals surface area contributed by atoms with Crippen molar-refractivity contribution in [3.8, 4) is 0 Å². The van der Waals surface area contributed by atoms with E-state index in [1.54, 1.807) is 0 Å². The summed E-state index contributed by atoms with van der Waals surface area (Å²) < 4.78 is 3.91. The van der Waals surface area contributed by atoms with Crippen molar-refractivity contribution in [2.45, 2.75) is 52.9 Å². The van der Waals surface area contributed by atoms with Gasteiger partial charge < -0.3 is 10.2 Å². The van der Waals surface area contributed by atoms with Crippen molar-refractivity contribution >= 4 is 34.7 Å². The lowest BCUT2D eigenvalue weighted by Crippen LogP contribution is -2.36. The van der Waals surface area contributed by atoms with Crippen molar-refractivity contribution in [2.24, 2.45) is 5.92 Å². The lowest BCUT2D eigenvalue weighted by Gasteiger charge is -2.30.